The molecule has 14 rings (SSSR count). The molecular weight excluding hydrogens is 773 g/mol. The molecule has 2 heterocycles. The van der Waals surface area contributed by atoms with Gasteiger partial charge in [0.15, 0.2) is 0 Å². The van der Waals surface area contributed by atoms with Crippen molar-refractivity contribution in [3.8, 4) is 27.9 Å². The topological polar surface area (TPSA) is 8.17 Å². The van der Waals surface area contributed by atoms with Crippen molar-refractivity contribution in [2.24, 2.45) is 0 Å². The molecule has 1 aliphatic heterocycles. The summed E-state index contributed by atoms with van der Waals surface area (Å²) < 4.78 is 2.54. The highest BCUT2D eigenvalue weighted by molar-refractivity contribution is 6.14. The Kier molecular flexibility index (Phi) is 7.28. The summed E-state index contributed by atoms with van der Waals surface area (Å²) in [6.45, 7) is 0. The third kappa shape index (κ3) is 4.44. The van der Waals surface area contributed by atoms with Crippen LogP contribution >= 0.6 is 0 Å². The van der Waals surface area contributed by atoms with Gasteiger partial charge in [-0.25, -0.2) is 0 Å². The molecule has 1 spiro atoms. The van der Waals surface area contributed by atoms with Crippen molar-refractivity contribution in [1.29, 1.82) is 0 Å². The van der Waals surface area contributed by atoms with Gasteiger partial charge in [-0.05, 0) is 115 Å². The second kappa shape index (κ2) is 13.2. The van der Waals surface area contributed by atoms with Crippen molar-refractivity contribution in [2.45, 2.75) is 10.8 Å². The number of anilines is 3. The smallest absolute Gasteiger partial charge is 0.0754 e. The SMILES string of the molecule is c1ccc(N(c2ccc3c(c2)C(c2ccccc2)(c2ccccc2)c2ccccc2-3)c2ccc3c(c2)c2cccc4c2n3-c2ccccc2C42c3ccccc3-c3ccccc32)cc1. The largest absolute Gasteiger partial charge is 0.310 e. The van der Waals surface area contributed by atoms with Gasteiger partial charge in [-0.1, -0.05) is 194 Å². The fraction of sp³-hybridized carbons (Fsp3) is 0.0323. The minimum atomic E-state index is -0.503. The summed E-state index contributed by atoms with van der Waals surface area (Å²) in [7, 11) is 0. The molecule has 64 heavy (non-hydrogen) atoms. The first kappa shape index (κ1) is 35.4. The minimum absolute atomic E-state index is 0.446. The van der Waals surface area contributed by atoms with Crippen LogP contribution in [0.15, 0.2) is 243 Å². The van der Waals surface area contributed by atoms with Gasteiger partial charge in [0.05, 0.1) is 27.6 Å². The number of rotatable bonds is 5. The van der Waals surface area contributed by atoms with Crippen LogP contribution in [0.2, 0.25) is 0 Å². The molecule has 2 heteroatoms. The van der Waals surface area contributed by atoms with Gasteiger partial charge in [0, 0.05) is 27.8 Å². The summed E-state index contributed by atoms with van der Waals surface area (Å²) in [5.41, 5.74) is 21.8. The summed E-state index contributed by atoms with van der Waals surface area (Å²) in [6, 6.07) is 90.6. The zero-order chi connectivity index (χ0) is 42.0. The van der Waals surface area contributed by atoms with E-state index < -0.39 is 10.8 Å². The normalized spacial score (nSPS) is 14.2. The summed E-state index contributed by atoms with van der Waals surface area (Å²) in [5.74, 6) is 0. The molecule has 3 aliphatic rings. The molecular formula is C62H40N2. The number of hydrogen-bond donors (Lipinski definition) is 0. The maximum absolute atomic E-state index is 2.54. The van der Waals surface area contributed by atoms with Crippen LogP contribution in [0.1, 0.15) is 44.5 Å². The first-order valence-corrected chi connectivity index (χ1v) is 22.4. The molecule has 0 N–H and O–H groups in total. The summed E-state index contributed by atoms with van der Waals surface area (Å²) in [6.07, 6.45) is 0. The lowest BCUT2D eigenvalue weighted by molar-refractivity contribution is 0.748. The number of hydrogen-bond acceptors (Lipinski definition) is 1. The van der Waals surface area contributed by atoms with Crippen LogP contribution in [0, 0.1) is 0 Å². The van der Waals surface area contributed by atoms with Crippen LogP contribution in [-0.2, 0) is 10.8 Å². The van der Waals surface area contributed by atoms with Crippen LogP contribution in [0.25, 0.3) is 49.7 Å². The third-order valence-corrected chi connectivity index (χ3v) is 14.6. The molecule has 2 nitrogen and oxygen atoms in total. The van der Waals surface area contributed by atoms with Crippen molar-refractivity contribution in [1.82, 2.24) is 4.57 Å². The second-order valence-corrected chi connectivity index (χ2v) is 17.5. The van der Waals surface area contributed by atoms with E-state index in [9.17, 15) is 0 Å². The quantitative estimate of drug-likeness (QED) is 0.168. The monoisotopic (exact) mass is 812 g/mol. The van der Waals surface area contributed by atoms with Gasteiger partial charge in [-0.15, -0.1) is 0 Å². The lowest BCUT2D eigenvalue weighted by Gasteiger charge is -2.39. The highest BCUT2D eigenvalue weighted by Crippen LogP contribution is 2.62. The number of nitrogens with zero attached hydrogens (tertiary/aromatic N) is 2. The molecule has 0 saturated carbocycles. The van der Waals surface area contributed by atoms with Gasteiger partial charge in [0.1, 0.15) is 0 Å². The van der Waals surface area contributed by atoms with Crippen LogP contribution in [0.5, 0.6) is 0 Å². The molecule has 0 saturated heterocycles. The molecule has 298 valence electrons. The summed E-state index contributed by atoms with van der Waals surface area (Å²) in [5, 5.41) is 2.49. The van der Waals surface area contributed by atoms with E-state index in [1.165, 1.54) is 94.3 Å². The lowest BCUT2D eigenvalue weighted by atomic mass is 9.65. The number of aromatic nitrogens is 1. The van der Waals surface area contributed by atoms with Gasteiger partial charge in [-0.3, -0.25) is 0 Å². The molecule has 10 aromatic carbocycles. The Morgan fingerprint density at radius 2 is 0.781 bits per heavy atom. The maximum atomic E-state index is 2.54. The Morgan fingerprint density at radius 3 is 1.42 bits per heavy atom. The van der Waals surface area contributed by atoms with Gasteiger partial charge in [0.2, 0.25) is 0 Å². The van der Waals surface area contributed by atoms with E-state index in [1.54, 1.807) is 0 Å². The highest BCUT2D eigenvalue weighted by Gasteiger charge is 2.51. The van der Waals surface area contributed by atoms with Crippen LogP contribution in [-0.4, -0.2) is 4.57 Å². The van der Waals surface area contributed by atoms with Crippen LogP contribution in [0.3, 0.4) is 0 Å². The standard InChI is InChI=1S/C62H40N2/c1-4-19-41(20-5-1)61(42-21-6-2-7-22-42)52-29-13-10-27-48(52)49-37-35-45(40-57(49)61)63(43-23-8-3-9-24-43)44-36-38-58-51(39-44)50-28-18-33-56-60(50)64(58)59-34-17-16-32-55(59)62(56)53-30-14-11-25-46(53)47-26-12-15-31-54(47)62/h1-40H. The fourth-order valence-corrected chi connectivity index (χ4v) is 12.3. The molecule has 0 amide bonds. The Bertz CT molecular complexity index is 3590. The summed E-state index contributed by atoms with van der Waals surface area (Å²) >= 11 is 0. The van der Waals surface area contributed by atoms with Crippen molar-refractivity contribution >= 4 is 38.9 Å². The van der Waals surface area contributed by atoms with E-state index in [0.717, 1.165) is 17.1 Å². The van der Waals surface area contributed by atoms with Gasteiger partial charge in [0.25, 0.3) is 0 Å². The number of fused-ring (bicyclic) bond motifs is 15. The molecule has 2 aliphatic carbocycles. The van der Waals surface area contributed by atoms with E-state index in [0.29, 0.717) is 0 Å². The Hall–Kier alpha value is -8.20. The average molecular weight is 813 g/mol. The average Bonchev–Trinajstić information content (AvgIpc) is 3.97. The fourth-order valence-electron chi connectivity index (χ4n) is 12.3. The minimum Gasteiger partial charge on any atom is -0.310 e. The van der Waals surface area contributed by atoms with Crippen LogP contribution < -0.4 is 4.90 Å². The van der Waals surface area contributed by atoms with E-state index in [4.69, 9.17) is 0 Å². The second-order valence-electron chi connectivity index (χ2n) is 17.5. The van der Waals surface area contributed by atoms with Crippen molar-refractivity contribution in [2.75, 3.05) is 4.90 Å². The van der Waals surface area contributed by atoms with Crippen LogP contribution in [0.4, 0.5) is 17.1 Å². The Balaban J connectivity index is 1.03. The third-order valence-electron chi connectivity index (χ3n) is 14.6. The van der Waals surface area contributed by atoms with Crippen molar-refractivity contribution in [3.63, 3.8) is 0 Å². The first-order valence-electron chi connectivity index (χ1n) is 22.4. The maximum Gasteiger partial charge on any atom is 0.0754 e. The lowest BCUT2D eigenvalue weighted by Crippen LogP contribution is -2.33. The number of benzene rings is 10. The Labute approximate surface area is 372 Å². The zero-order valence-corrected chi connectivity index (χ0v) is 35.0. The Morgan fingerprint density at radius 1 is 0.297 bits per heavy atom. The van der Waals surface area contributed by atoms with E-state index in [2.05, 4.69) is 252 Å². The van der Waals surface area contributed by atoms with Gasteiger partial charge < -0.3 is 9.47 Å². The predicted molar refractivity (Wildman–Crippen MR) is 264 cm³/mol. The molecule has 1 aromatic heterocycles. The zero-order valence-electron chi connectivity index (χ0n) is 35.0. The molecule has 0 atom stereocenters. The van der Waals surface area contributed by atoms with E-state index >= 15 is 0 Å². The molecule has 0 unspecified atom stereocenters. The van der Waals surface area contributed by atoms with Crippen molar-refractivity contribution < 1.29 is 0 Å². The first-order chi connectivity index (χ1) is 31.8. The number of para-hydroxylation sites is 3. The van der Waals surface area contributed by atoms with Crippen molar-refractivity contribution in [3.05, 3.63) is 287 Å². The van der Waals surface area contributed by atoms with Gasteiger partial charge in [-0.2, -0.15) is 0 Å². The highest BCUT2D eigenvalue weighted by atomic mass is 15.1. The molecule has 0 fully saturated rings. The van der Waals surface area contributed by atoms with Gasteiger partial charge >= 0.3 is 0 Å². The molecule has 0 radical (unpaired) electrons. The summed E-state index contributed by atoms with van der Waals surface area (Å²) in [4.78, 5) is 2.45. The molecule has 0 bridgehead atoms. The predicted octanol–water partition coefficient (Wildman–Crippen LogP) is 15.3. The van der Waals surface area contributed by atoms with E-state index in [1.807, 2.05) is 0 Å². The molecule has 11 aromatic rings. The van der Waals surface area contributed by atoms with E-state index in [-0.39, 0.29) is 0 Å².